The van der Waals surface area contributed by atoms with Crippen LogP contribution in [0.4, 0.5) is 0 Å². The van der Waals surface area contributed by atoms with Crippen LogP contribution < -0.4 is 5.73 Å². The quantitative estimate of drug-likeness (QED) is 0.883. The minimum atomic E-state index is 0.199. The molecule has 0 amide bonds. The fraction of sp³-hybridized carbons (Fsp3) is 0.562. The van der Waals surface area contributed by atoms with Crippen molar-refractivity contribution in [2.75, 3.05) is 19.6 Å². The van der Waals surface area contributed by atoms with Crippen molar-refractivity contribution in [3.63, 3.8) is 0 Å². The van der Waals surface area contributed by atoms with Crippen molar-refractivity contribution in [1.29, 1.82) is 0 Å². The van der Waals surface area contributed by atoms with Crippen LogP contribution in [-0.4, -0.2) is 30.3 Å². The highest BCUT2D eigenvalue weighted by atomic mass is 16.1. The number of nitrogens with zero attached hydrogens (tertiary/aromatic N) is 1. The molecule has 2 rings (SSSR count). The highest BCUT2D eigenvalue weighted by molar-refractivity contribution is 5.80. The normalized spacial score (nSPS) is 21.0. The molecule has 0 saturated carbocycles. The molecule has 1 fully saturated rings. The summed E-state index contributed by atoms with van der Waals surface area (Å²) >= 11 is 0. The molecule has 1 aromatic rings. The highest BCUT2D eigenvalue weighted by Crippen LogP contribution is 2.21. The van der Waals surface area contributed by atoms with Gasteiger partial charge in [-0.2, -0.15) is 0 Å². The Balaban J connectivity index is 1.81. The molecule has 1 saturated heterocycles. The zero-order valence-electron chi connectivity index (χ0n) is 11.6. The van der Waals surface area contributed by atoms with Crippen LogP contribution in [0.25, 0.3) is 0 Å². The van der Waals surface area contributed by atoms with Gasteiger partial charge in [-0.1, -0.05) is 30.3 Å². The minimum absolute atomic E-state index is 0.199. The van der Waals surface area contributed by atoms with E-state index in [0.29, 0.717) is 12.3 Å². The van der Waals surface area contributed by atoms with Gasteiger partial charge in [0.15, 0.2) is 0 Å². The zero-order chi connectivity index (χ0) is 13.5. The first-order valence-corrected chi connectivity index (χ1v) is 7.26. The Bertz CT molecular complexity index is 391. The molecule has 0 aromatic heterocycles. The van der Waals surface area contributed by atoms with Gasteiger partial charge >= 0.3 is 0 Å². The van der Waals surface area contributed by atoms with Gasteiger partial charge in [-0.15, -0.1) is 0 Å². The van der Waals surface area contributed by atoms with Crippen LogP contribution in [0.15, 0.2) is 30.3 Å². The van der Waals surface area contributed by atoms with Crippen LogP contribution in [0.1, 0.15) is 31.2 Å². The predicted molar refractivity (Wildman–Crippen MR) is 77.7 cm³/mol. The molecule has 0 aliphatic carbocycles. The number of nitrogens with two attached hydrogens (primary N) is 1. The maximum Gasteiger partial charge on any atom is 0.146 e. The maximum absolute atomic E-state index is 11.4. The van der Waals surface area contributed by atoms with Crippen molar-refractivity contribution in [2.24, 2.45) is 11.7 Å². The first kappa shape index (κ1) is 14.2. The first-order valence-electron chi connectivity index (χ1n) is 7.26. The molecule has 2 N–H and O–H groups in total. The molecule has 3 heteroatoms. The Labute approximate surface area is 115 Å². The Morgan fingerprint density at radius 3 is 2.74 bits per heavy atom. The minimum Gasteiger partial charge on any atom is -0.324 e. The van der Waals surface area contributed by atoms with Gasteiger partial charge in [0.25, 0.3) is 0 Å². The summed E-state index contributed by atoms with van der Waals surface area (Å²) in [7, 11) is 0. The first-order chi connectivity index (χ1) is 9.28. The molecule has 1 aromatic carbocycles. The third-order valence-electron chi connectivity index (χ3n) is 3.93. The second-order valence-electron chi connectivity index (χ2n) is 5.51. The van der Waals surface area contributed by atoms with Gasteiger partial charge < -0.3 is 5.73 Å². The number of hydrogen-bond acceptors (Lipinski definition) is 3. The monoisotopic (exact) mass is 260 g/mol. The second-order valence-corrected chi connectivity index (χ2v) is 5.51. The largest absolute Gasteiger partial charge is 0.324 e. The van der Waals surface area contributed by atoms with E-state index in [0.717, 1.165) is 32.5 Å². The molecule has 0 bridgehead atoms. The van der Waals surface area contributed by atoms with Gasteiger partial charge in [-0.25, -0.2) is 0 Å². The van der Waals surface area contributed by atoms with Gasteiger partial charge in [0.05, 0.1) is 6.54 Å². The molecule has 1 heterocycles. The van der Waals surface area contributed by atoms with E-state index < -0.39 is 0 Å². The van der Waals surface area contributed by atoms with Gasteiger partial charge in [0, 0.05) is 13.0 Å². The van der Waals surface area contributed by atoms with E-state index in [1.54, 1.807) is 0 Å². The number of likely N-dealkylation sites (tertiary alicyclic amines) is 1. The van der Waals surface area contributed by atoms with Gasteiger partial charge in [0.1, 0.15) is 5.78 Å². The summed E-state index contributed by atoms with van der Waals surface area (Å²) in [5, 5.41) is 0. The van der Waals surface area contributed by atoms with Crippen LogP contribution in [0, 0.1) is 5.92 Å². The predicted octanol–water partition coefficient (Wildman–Crippen LogP) is 2.21. The van der Waals surface area contributed by atoms with E-state index in [-0.39, 0.29) is 12.3 Å². The third-order valence-corrected chi connectivity index (χ3v) is 3.93. The highest BCUT2D eigenvalue weighted by Gasteiger charge is 2.18. The molecule has 1 aliphatic rings. The van der Waals surface area contributed by atoms with Crippen molar-refractivity contribution in [2.45, 2.75) is 32.2 Å². The number of hydrogen-bond donors (Lipinski definition) is 1. The van der Waals surface area contributed by atoms with E-state index >= 15 is 0 Å². The van der Waals surface area contributed by atoms with Crippen molar-refractivity contribution < 1.29 is 4.79 Å². The van der Waals surface area contributed by atoms with Crippen LogP contribution in [0.2, 0.25) is 0 Å². The molecular formula is C16H24N2O. The molecule has 19 heavy (non-hydrogen) atoms. The van der Waals surface area contributed by atoms with Crippen molar-refractivity contribution >= 4 is 5.78 Å². The van der Waals surface area contributed by atoms with Gasteiger partial charge in [0.2, 0.25) is 0 Å². The van der Waals surface area contributed by atoms with E-state index in [1.807, 2.05) is 0 Å². The van der Waals surface area contributed by atoms with E-state index in [2.05, 4.69) is 35.2 Å². The number of Topliss-reactive ketones (excluding diaryl/α,β-unsaturated/α-hetero) is 1. The Hall–Kier alpha value is -1.19. The van der Waals surface area contributed by atoms with E-state index in [9.17, 15) is 4.79 Å². The summed E-state index contributed by atoms with van der Waals surface area (Å²) < 4.78 is 0. The molecule has 1 unspecified atom stereocenters. The zero-order valence-corrected chi connectivity index (χ0v) is 11.6. The van der Waals surface area contributed by atoms with Crippen LogP contribution in [0.3, 0.4) is 0 Å². The summed E-state index contributed by atoms with van der Waals surface area (Å²) in [5.41, 5.74) is 6.77. The molecule has 1 aliphatic heterocycles. The fourth-order valence-electron chi connectivity index (χ4n) is 2.83. The second kappa shape index (κ2) is 7.41. The number of rotatable bonds is 5. The number of ketones is 1. The molecule has 3 nitrogen and oxygen atoms in total. The molecular weight excluding hydrogens is 236 g/mol. The lowest BCUT2D eigenvalue weighted by molar-refractivity contribution is -0.118. The lowest BCUT2D eigenvalue weighted by Crippen LogP contribution is -2.24. The molecule has 1 atom stereocenters. The maximum atomic E-state index is 11.4. The molecule has 104 valence electrons. The van der Waals surface area contributed by atoms with Crippen molar-refractivity contribution in [3.8, 4) is 0 Å². The summed E-state index contributed by atoms with van der Waals surface area (Å²) in [5.74, 6) is 0.748. The fourth-order valence-corrected chi connectivity index (χ4v) is 2.83. The summed E-state index contributed by atoms with van der Waals surface area (Å²) in [6, 6.07) is 10.6. The van der Waals surface area contributed by atoms with Crippen molar-refractivity contribution in [3.05, 3.63) is 35.9 Å². The lowest BCUT2D eigenvalue weighted by Gasteiger charge is -2.20. The topological polar surface area (TPSA) is 46.3 Å². The standard InChI is InChI=1S/C16H24N2O/c17-12-16(19)11-14-7-4-9-18(10-8-14)13-15-5-2-1-3-6-15/h1-3,5-6,14H,4,7-13,17H2. The van der Waals surface area contributed by atoms with E-state index in [4.69, 9.17) is 5.73 Å². The lowest BCUT2D eigenvalue weighted by atomic mass is 9.95. The molecule has 0 spiro atoms. The Kier molecular flexibility index (Phi) is 5.55. The summed E-state index contributed by atoms with van der Waals surface area (Å²) in [6.45, 7) is 3.46. The smallest absolute Gasteiger partial charge is 0.146 e. The Morgan fingerprint density at radius 1 is 1.21 bits per heavy atom. The van der Waals surface area contributed by atoms with E-state index in [1.165, 1.54) is 12.0 Å². The third kappa shape index (κ3) is 4.77. The SMILES string of the molecule is NCC(=O)CC1CCCN(Cc2ccccc2)CC1. The Morgan fingerprint density at radius 2 is 2.00 bits per heavy atom. The van der Waals surface area contributed by atoms with Gasteiger partial charge in [-0.05, 0) is 43.8 Å². The average molecular weight is 260 g/mol. The van der Waals surface area contributed by atoms with Gasteiger partial charge in [-0.3, -0.25) is 9.69 Å². The van der Waals surface area contributed by atoms with Crippen LogP contribution >= 0.6 is 0 Å². The average Bonchev–Trinajstić information content (AvgIpc) is 2.65. The summed E-state index contributed by atoms with van der Waals surface area (Å²) in [6.07, 6.45) is 4.15. The number of carbonyl (C=O) groups excluding carboxylic acids is 1. The van der Waals surface area contributed by atoms with Crippen LogP contribution in [-0.2, 0) is 11.3 Å². The summed E-state index contributed by atoms with van der Waals surface area (Å²) in [4.78, 5) is 13.9. The van der Waals surface area contributed by atoms with Crippen molar-refractivity contribution in [1.82, 2.24) is 4.90 Å². The van der Waals surface area contributed by atoms with Crippen LogP contribution in [0.5, 0.6) is 0 Å². The number of carbonyl (C=O) groups is 1. The molecule has 0 radical (unpaired) electrons. The number of benzene rings is 1.